The summed E-state index contributed by atoms with van der Waals surface area (Å²) in [4.78, 5) is 54.9. The largest absolute Gasteiger partial charge is 0.292 e. The first-order valence-electron chi connectivity index (χ1n) is 11.5. The van der Waals surface area contributed by atoms with E-state index < -0.39 is 35.6 Å². The van der Waals surface area contributed by atoms with E-state index in [1.807, 2.05) is 6.92 Å². The molecule has 2 aromatic rings. The maximum atomic E-state index is 13.8. The fourth-order valence-electron chi connectivity index (χ4n) is 5.81. The van der Waals surface area contributed by atoms with Gasteiger partial charge in [0, 0.05) is 15.2 Å². The number of nitrogens with zero attached hydrogens (tertiary/aromatic N) is 2. The number of halogens is 3. The summed E-state index contributed by atoms with van der Waals surface area (Å²) in [5.74, 6) is -2.97. The number of carbonyl (C=O) groups excluding carboxylic acids is 4. The molecular formula is C26H23Br2ClN2O4. The molecule has 0 radical (unpaired) electrons. The third kappa shape index (κ3) is 3.80. The van der Waals surface area contributed by atoms with Gasteiger partial charge in [0.05, 0.1) is 22.4 Å². The van der Waals surface area contributed by atoms with Crippen LogP contribution < -0.4 is 0 Å². The van der Waals surface area contributed by atoms with Gasteiger partial charge in [0.15, 0.2) is 5.78 Å². The zero-order valence-electron chi connectivity index (χ0n) is 19.0. The van der Waals surface area contributed by atoms with E-state index >= 15 is 0 Å². The predicted octanol–water partition coefficient (Wildman–Crippen LogP) is 5.05. The van der Waals surface area contributed by atoms with Gasteiger partial charge in [-0.2, -0.15) is 5.01 Å². The van der Waals surface area contributed by atoms with Gasteiger partial charge < -0.3 is 0 Å². The fourth-order valence-corrected chi connectivity index (χ4v) is 7.90. The number of benzene rings is 2. The van der Waals surface area contributed by atoms with Crippen LogP contribution in [-0.4, -0.2) is 49.2 Å². The second kappa shape index (κ2) is 9.12. The molecule has 3 amide bonds. The third-order valence-corrected chi connectivity index (χ3v) is 11.1. The number of imide groups is 1. The summed E-state index contributed by atoms with van der Waals surface area (Å²) in [6.07, 6.45) is 0.767. The number of amides is 3. The third-order valence-electron chi connectivity index (χ3n) is 7.57. The lowest BCUT2D eigenvalue weighted by Gasteiger charge is -2.35. The molecule has 0 spiro atoms. The SMILES string of the molecule is Cc1ccc(C(=O)[C@H](C)N(C(=O)c2ccccc2Cl)N2C(=O)[C@@H]3[C@H]4C[C@@H]([C@H](Br)[C@@H]4Br)[C@@H]3C2=O)cc1. The van der Waals surface area contributed by atoms with Gasteiger partial charge in [-0.3, -0.25) is 19.2 Å². The first-order valence-corrected chi connectivity index (χ1v) is 13.7. The van der Waals surface area contributed by atoms with Crippen molar-refractivity contribution in [2.75, 3.05) is 0 Å². The van der Waals surface area contributed by atoms with Gasteiger partial charge in [-0.25, -0.2) is 5.01 Å². The highest BCUT2D eigenvalue weighted by molar-refractivity contribution is 9.12. The molecule has 182 valence electrons. The molecule has 2 aromatic carbocycles. The number of rotatable bonds is 5. The average Bonchev–Trinajstić information content (AvgIpc) is 3.45. The number of aryl methyl sites for hydroxylation is 1. The van der Waals surface area contributed by atoms with Crippen molar-refractivity contribution >= 4 is 67.0 Å². The number of hydrazine groups is 1. The Morgan fingerprint density at radius 2 is 1.51 bits per heavy atom. The van der Waals surface area contributed by atoms with Crippen LogP contribution >= 0.6 is 43.5 Å². The van der Waals surface area contributed by atoms with Crippen LogP contribution in [0.4, 0.5) is 0 Å². The van der Waals surface area contributed by atoms with Crippen LogP contribution in [0.1, 0.15) is 39.6 Å². The summed E-state index contributed by atoms with van der Waals surface area (Å²) in [7, 11) is 0. The van der Waals surface area contributed by atoms with Crippen molar-refractivity contribution in [3.63, 3.8) is 0 Å². The normalized spacial score (nSPS) is 29.9. The zero-order chi connectivity index (χ0) is 25.2. The molecule has 5 rings (SSSR count). The van der Waals surface area contributed by atoms with Gasteiger partial charge in [-0.1, -0.05) is 85.4 Å². The van der Waals surface area contributed by atoms with Crippen LogP contribution in [0.2, 0.25) is 5.02 Å². The molecule has 2 saturated carbocycles. The van der Waals surface area contributed by atoms with E-state index in [2.05, 4.69) is 31.9 Å². The molecule has 0 aromatic heterocycles. The first-order chi connectivity index (χ1) is 16.6. The minimum atomic E-state index is -1.11. The Morgan fingerprint density at radius 3 is 2.06 bits per heavy atom. The van der Waals surface area contributed by atoms with Crippen molar-refractivity contribution in [3.05, 3.63) is 70.2 Å². The summed E-state index contributed by atoms with van der Waals surface area (Å²) in [6, 6.07) is 12.3. The van der Waals surface area contributed by atoms with Crippen LogP contribution in [0.15, 0.2) is 48.5 Å². The van der Waals surface area contributed by atoms with Crippen LogP contribution in [0.3, 0.4) is 0 Å². The molecule has 1 saturated heterocycles. The van der Waals surface area contributed by atoms with Gasteiger partial charge in [-0.15, -0.1) is 0 Å². The number of alkyl halides is 2. The molecule has 2 aliphatic carbocycles. The molecule has 35 heavy (non-hydrogen) atoms. The van der Waals surface area contributed by atoms with Gasteiger partial charge in [0.25, 0.3) is 17.7 Å². The van der Waals surface area contributed by atoms with Crippen LogP contribution in [-0.2, 0) is 9.59 Å². The highest BCUT2D eigenvalue weighted by atomic mass is 79.9. The van der Waals surface area contributed by atoms with Crippen LogP contribution in [0.5, 0.6) is 0 Å². The van der Waals surface area contributed by atoms with Crippen molar-refractivity contribution < 1.29 is 19.2 Å². The highest BCUT2D eigenvalue weighted by Gasteiger charge is 2.68. The molecule has 3 fully saturated rings. The standard InChI is InChI=1S/C26H23Br2ClN2O4/c1-12-7-9-14(10-8-12)23(32)13(2)30(24(33)15-5-3-4-6-18(15)29)31-25(34)19-16-11-17(20(19)26(31)35)22(28)21(16)27/h3-10,13,16-17,19-22H,11H2,1-2H3/t13-,16+,17+,19-,20+,21-,22+/m0/s1. The Bertz CT molecular complexity index is 1200. The zero-order valence-corrected chi connectivity index (χ0v) is 23.0. The number of fused-ring (bicyclic) bond motifs is 5. The maximum Gasteiger partial charge on any atom is 0.275 e. The molecule has 6 nitrogen and oxygen atoms in total. The fraction of sp³-hybridized carbons (Fsp3) is 0.385. The smallest absolute Gasteiger partial charge is 0.275 e. The Morgan fingerprint density at radius 1 is 0.971 bits per heavy atom. The van der Waals surface area contributed by atoms with Gasteiger partial charge in [-0.05, 0) is 44.2 Å². The van der Waals surface area contributed by atoms with Crippen LogP contribution in [0.25, 0.3) is 0 Å². The van der Waals surface area contributed by atoms with E-state index in [0.717, 1.165) is 22.0 Å². The minimum absolute atomic E-state index is 0.0174. The summed E-state index contributed by atoms with van der Waals surface area (Å²) in [5.41, 5.74) is 1.50. The molecular weight excluding hydrogens is 600 g/mol. The predicted molar refractivity (Wildman–Crippen MR) is 138 cm³/mol. The van der Waals surface area contributed by atoms with E-state index in [1.54, 1.807) is 49.4 Å². The lowest BCUT2D eigenvalue weighted by molar-refractivity contribution is -0.157. The highest BCUT2D eigenvalue weighted by Crippen LogP contribution is 2.60. The number of Topliss-reactive ketones (excluding diaryl/α,β-unsaturated/α-hetero) is 1. The molecule has 9 heteroatoms. The van der Waals surface area contributed by atoms with E-state index in [-0.39, 0.29) is 37.9 Å². The molecule has 1 aliphatic heterocycles. The lowest BCUT2D eigenvalue weighted by Crippen LogP contribution is -2.57. The van der Waals surface area contributed by atoms with E-state index in [1.165, 1.54) is 6.07 Å². The number of ketones is 1. The molecule has 3 aliphatic rings. The number of hydrogen-bond donors (Lipinski definition) is 0. The molecule has 1 heterocycles. The summed E-state index contributed by atoms with van der Waals surface area (Å²) >= 11 is 13.7. The average molecular weight is 623 g/mol. The molecule has 0 N–H and O–H groups in total. The number of hydrogen-bond acceptors (Lipinski definition) is 4. The van der Waals surface area contributed by atoms with Gasteiger partial charge in [0.1, 0.15) is 6.04 Å². The number of carbonyl (C=O) groups is 4. The summed E-state index contributed by atoms with van der Waals surface area (Å²) in [6.45, 7) is 3.45. The second-order valence-corrected chi connectivity index (χ2v) is 12.0. The van der Waals surface area contributed by atoms with E-state index in [9.17, 15) is 19.2 Å². The molecule has 7 atom stereocenters. The van der Waals surface area contributed by atoms with Crippen molar-refractivity contribution in [1.82, 2.24) is 10.0 Å². The van der Waals surface area contributed by atoms with Crippen molar-refractivity contribution in [1.29, 1.82) is 0 Å². The topological polar surface area (TPSA) is 74.8 Å². The molecule has 0 unspecified atom stereocenters. The van der Waals surface area contributed by atoms with Crippen LogP contribution in [0, 0.1) is 30.6 Å². The quantitative estimate of drug-likeness (QED) is 0.266. The van der Waals surface area contributed by atoms with Crippen molar-refractivity contribution in [2.45, 2.75) is 36.0 Å². The minimum Gasteiger partial charge on any atom is -0.292 e. The van der Waals surface area contributed by atoms with Gasteiger partial charge in [0.2, 0.25) is 0 Å². The lowest BCUT2D eigenvalue weighted by atomic mass is 9.81. The van der Waals surface area contributed by atoms with E-state index in [0.29, 0.717) is 5.56 Å². The summed E-state index contributed by atoms with van der Waals surface area (Å²) in [5, 5.41) is 2.14. The van der Waals surface area contributed by atoms with Crippen molar-refractivity contribution in [3.8, 4) is 0 Å². The van der Waals surface area contributed by atoms with Gasteiger partial charge >= 0.3 is 0 Å². The Balaban J connectivity index is 1.56. The Labute approximate surface area is 225 Å². The van der Waals surface area contributed by atoms with Crippen molar-refractivity contribution in [2.24, 2.45) is 23.7 Å². The Kier molecular flexibility index (Phi) is 6.43. The second-order valence-electron chi connectivity index (χ2n) is 9.53. The summed E-state index contributed by atoms with van der Waals surface area (Å²) < 4.78 is 0. The molecule has 2 bridgehead atoms. The van der Waals surface area contributed by atoms with E-state index in [4.69, 9.17) is 11.6 Å². The monoisotopic (exact) mass is 620 g/mol. The Hall–Kier alpha value is -2.03. The maximum absolute atomic E-state index is 13.8. The first kappa shape index (κ1) is 24.7.